The normalized spacial score (nSPS) is 16.8. The number of pyridine rings is 1. The van der Waals surface area contributed by atoms with E-state index >= 15 is 0 Å². The number of hydrogen-bond acceptors (Lipinski definition) is 4. The first-order valence-electron chi connectivity index (χ1n) is 8.08. The van der Waals surface area contributed by atoms with Gasteiger partial charge in [0.15, 0.2) is 0 Å². The number of nitrogens with one attached hydrogen (secondary N) is 1. The molecule has 4 heterocycles. The van der Waals surface area contributed by atoms with E-state index in [1.54, 1.807) is 12.4 Å². The molecule has 0 bridgehead atoms. The first-order chi connectivity index (χ1) is 11.6. The molecule has 1 saturated heterocycles. The highest BCUT2D eigenvalue weighted by Gasteiger charge is 2.32. The van der Waals surface area contributed by atoms with E-state index in [4.69, 9.17) is 0 Å². The van der Waals surface area contributed by atoms with E-state index in [-0.39, 0.29) is 36.8 Å². The quantitative estimate of drug-likeness (QED) is 0.719. The number of rotatable bonds is 2. The molecular weight excluding hydrogens is 375 g/mol. The van der Waals surface area contributed by atoms with Crippen molar-refractivity contribution < 1.29 is 4.79 Å². The summed E-state index contributed by atoms with van der Waals surface area (Å²) in [6.07, 6.45) is 7.40. The van der Waals surface area contributed by atoms with Crippen LogP contribution in [0.4, 0.5) is 0 Å². The molecule has 0 aliphatic carbocycles. The number of hydrogen-bond donors (Lipinski definition) is 1. The molecule has 1 aliphatic heterocycles. The van der Waals surface area contributed by atoms with Gasteiger partial charge in [-0.1, -0.05) is 0 Å². The van der Waals surface area contributed by atoms with Gasteiger partial charge < -0.3 is 19.2 Å². The maximum atomic E-state index is 13.1. The van der Waals surface area contributed by atoms with Crippen LogP contribution in [-0.4, -0.2) is 49.4 Å². The van der Waals surface area contributed by atoms with E-state index < -0.39 is 0 Å². The van der Waals surface area contributed by atoms with Crippen molar-refractivity contribution in [2.24, 2.45) is 7.05 Å². The minimum Gasteiger partial charge on any atom is -0.336 e. The average Bonchev–Trinajstić information content (AvgIpc) is 3.19. The third-order valence-corrected chi connectivity index (χ3v) is 4.50. The van der Waals surface area contributed by atoms with E-state index in [0.717, 1.165) is 23.6 Å². The number of carbonyl (C=O) groups excluding carboxylic acids is 1. The van der Waals surface area contributed by atoms with E-state index in [2.05, 4.69) is 15.3 Å². The summed E-state index contributed by atoms with van der Waals surface area (Å²) in [5.41, 5.74) is 2.39. The average molecular weight is 397 g/mol. The maximum Gasteiger partial charge on any atom is 0.274 e. The van der Waals surface area contributed by atoms with Crippen molar-refractivity contribution >= 4 is 36.4 Å². The SMILES string of the molecule is Cc1ccn2cc(C(=O)N3CCNCC3c3nccn3C)nc2c1.Cl.Cl. The highest BCUT2D eigenvalue weighted by molar-refractivity contribution is 5.93. The number of nitrogens with zero attached hydrogens (tertiary/aromatic N) is 5. The molecule has 0 spiro atoms. The molecule has 1 fully saturated rings. The number of amides is 1. The summed E-state index contributed by atoms with van der Waals surface area (Å²) in [6, 6.07) is 3.90. The highest BCUT2D eigenvalue weighted by Crippen LogP contribution is 2.22. The molecule has 3 aromatic rings. The topological polar surface area (TPSA) is 67.5 Å². The molecule has 3 aromatic heterocycles. The zero-order valence-electron chi connectivity index (χ0n) is 14.6. The molecule has 0 aromatic carbocycles. The summed E-state index contributed by atoms with van der Waals surface area (Å²) in [5.74, 6) is 0.834. The van der Waals surface area contributed by atoms with Gasteiger partial charge in [-0.2, -0.15) is 0 Å². The van der Waals surface area contributed by atoms with E-state index in [9.17, 15) is 4.79 Å². The Kier molecular flexibility index (Phi) is 6.28. The van der Waals surface area contributed by atoms with Crippen LogP contribution < -0.4 is 5.32 Å². The molecule has 1 N–H and O–H groups in total. The standard InChI is InChI=1S/C17H20N6O.2ClH/c1-12-3-6-22-11-13(20-15(22)9-12)17(24)23-8-4-18-10-14(23)16-19-5-7-21(16)2;;/h3,5-7,9,11,14,18H,4,8,10H2,1-2H3;2*1H. The number of halogens is 2. The first kappa shape index (κ1) is 20.2. The largest absolute Gasteiger partial charge is 0.336 e. The lowest BCUT2D eigenvalue weighted by molar-refractivity contribution is 0.0615. The monoisotopic (exact) mass is 396 g/mol. The Balaban J connectivity index is 0.00000121. The minimum absolute atomic E-state index is 0. The van der Waals surface area contributed by atoms with Gasteiger partial charge in [0, 0.05) is 51.5 Å². The van der Waals surface area contributed by atoms with E-state index in [1.807, 2.05) is 52.4 Å². The molecule has 0 radical (unpaired) electrons. The van der Waals surface area contributed by atoms with Crippen molar-refractivity contribution in [1.82, 2.24) is 29.2 Å². The second-order valence-electron chi connectivity index (χ2n) is 6.21. The number of fused-ring (bicyclic) bond motifs is 1. The number of carbonyl (C=O) groups is 1. The first-order valence-corrected chi connectivity index (χ1v) is 8.08. The van der Waals surface area contributed by atoms with E-state index in [1.165, 1.54) is 0 Å². The summed E-state index contributed by atoms with van der Waals surface area (Å²) in [5, 5.41) is 3.35. The van der Waals surface area contributed by atoms with Gasteiger partial charge in [0.05, 0.1) is 0 Å². The van der Waals surface area contributed by atoms with Crippen LogP contribution >= 0.6 is 24.8 Å². The van der Waals surface area contributed by atoms with Gasteiger partial charge in [-0.25, -0.2) is 9.97 Å². The molecule has 1 unspecified atom stereocenters. The number of aryl methyl sites for hydroxylation is 2. The van der Waals surface area contributed by atoms with Crippen molar-refractivity contribution in [2.45, 2.75) is 13.0 Å². The zero-order chi connectivity index (χ0) is 16.7. The Labute approximate surface area is 164 Å². The van der Waals surface area contributed by atoms with Crippen LogP contribution in [0.5, 0.6) is 0 Å². The molecular formula is C17H22Cl2N6O. The molecule has 7 nitrogen and oxygen atoms in total. The Morgan fingerprint density at radius 3 is 2.85 bits per heavy atom. The fourth-order valence-electron chi connectivity index (χ4n) is 3.21. The van der Waals surface area contributed by atoms with Crippen molar-refractivity contribution in [3.8, 4) is 0 Å². The lowest BCUT2D eigenvalue weighted by atomic mass is 10.1. The highest BCUT2D eigenvalue weighted by atomic mass is 35.5. The van der Waals surface area contributed by atoms with Gasteiger partial charge in [-0.3, -0.25) is 4.79 Å². The van der Waals surface area contributed by atoms with Crippen molar-refractivity contribution in [1.29, 1.82) is 0 Å². The Morgan fingerprint density at radius 2 is 2.12 bits per heavy atom. The van der Waals surface area contributed by atoms with Gasteiger partial charge in [-0.15, -0.1) is 24.8 Å². The molecule has 1 atom stereocenters. The van der Waals surface area contributed by atoms with Crippen LogP contribution in [0.25, 0.3) is 5.65 Å². The minimum atomic E-state index is -0.0854. The Morgan fingerprint density at radius 1 is 1.31 bits per heavy atom. The predicted molar refractivity (Wildman–Crippen MR) is 104 cm³/mol. The van der Waals surface area contributed by atoms with Gasteiger partial charge in [-0.05, 0) is 24.6 Å². The van der Waals surface area contributed by atoms with Crippen LogP contribution in [-0.2, 0) is 7.05 Å². The fourth-order valence-corrected chi connectivity index (χ4v) is 3.21. The molecule has 0 saturated carbocycles. The fraction of sp³-hybridized carbons (Fsp3) is 0.353. The molecule has 4 rings (SSSR count). The van der Waals surface area contributed by atoms with Gasteiger partial charge in [0.1, 0.15) is 23.2 Å². The second-order valence-corrected chi connectivity index (χ2v) is 6.21. The van der Waals surface area contributed by atoms with Gasteiger partial charge in [0.25, 0.3) is 5.91 Å². The molecule has 1 aliphatic rings. The summed E-state index contributed by atoms with van der Waals surface area (Å²) in [4.78, 5) is 23.9. The number of aromatic nitrogens is 4. The van der Waals surface area contributed by atoms with Gasteiger partial charge in [0.2, 0.25) is 0 Å². The lowest BCUT2D eigenvalue weighted by Gasteiger charge is -2.35. The summed E-state index contributed by atoms with van der Waals surface area (Å²) < 4.78 is 3.85. The molecule has 140 valence electrons. The molecule has 26 heavy (non-hydrogen) atoms. The summed E-state index contributed by atoms with van der Waals surface area (Å²) in [6.45, 7) is 4.13. The molecule has 9 heteroatoms. The van der Waals surface area contributed by atoms with Gasteiger partial charge >= 0.3 is 0 Å². The zero-order valence-corrected chi connectivity index (χ0v) is 16.3. The Bertz CT molecular complexity index is 906. The van der Waals surface area contributed by atoms with Crippen LogP contribution in [0.15, 0.2) is 36.9 Å². The van der Waals surface area contributed by atoms with Crippen molar-refractivity contribution in [3.63, 3.8) is 0 Å². The van der Waals surface area contributed by atoms with Crippen molar-refractivity contribution in [2.75, 3.05) is 19.6 Å². The van der Waals surface area contributed by atoms with Crippen LogP contribution in [0, 0.1) is 6.92 Å². The Hall–Kier alpha value is -2.09. The second kappa shape index (κ2) is 8.07. The van der Waals surface area contributed by atoms with Crippen molar-refractivity contribution in [3.05, 3.63) is 54.0 Å². The van der Waals surface area contributed by atoms with Crippen LogP contribution in [0.2, 0.25) is 0 Å². The summed E-state index contributed by atoms with van der Waals surface area (Å²) >= 11 is 0. The third kappa shape index (κ3) is 3.56. The third-order valence-electron chi connectivity index (χ3n) is 4.50. The van der Waals surface area contributed by atoms with E-state index in [0.29, 0.717) is 18.8 Å². The van der Waals surface area contributed by atoms with Crippen LogP contribution in [0.1, 0.15) is 27.9 Å². The number of piperazine rings is 1. The number of imidazole rings is 2. The van der Waals surface area contributed by atoms with Crippen LogP contribution in [0.3, 0.4) is 0 Å². The summed E-state index contributed by atoms with van der Waals surface area (Å²) in [7, 11) is 1.95. The predicted octanol–water partition coefficient (Wildman–Crippen LogP) is 2.01. The maximum absolute atomic E-state index is 13.1. The lowest BCUT2D eigenvalue weighted by Crippen LogP contribution is -2.49. The smallest absolute Gasteiger partial charge is 0.274 e. The molecule has 1 amide bonds.